The van der Waals surface area contributed by atoms with E-state index >= 15 is 0 Å². The maximum absolute atomic E-state index is 13.3. The molecule has 0 bridgehead atoms. The van der Waals surface area contributed by atoms with E-state index in [0.717, 1.165) is 39.9 Å². The Kier molecular flexibility index (Phi) is 6.15. The number of nitrogens with zero attached hydrogens (tertiary/aromatic N) is 2. The first-order chi connectivity index (χ1) is 16.5. The van der Waals surface area contributed by atoms with Crippen LogP contribution in [0.1, 0.15) is 39.3 Å². The molecule has 2 heterocycles. The molecule has 4 aromatic rings. The number of halogens is 1. The normalized spacial score (nSPS) is 14.2. The van der Waals surface area contributed by atoms with Crippen molar-refractivity contribution in [1.29, 1.82) is 0 Å². The quantitative estimate of drug-likeness (QED) is 0.400. The Balaban J connectivity index is 1.36. The van der Waals surface area contributed by atoms with Crippen LogP contribution in [0.2, 0.25) is 0 Å². The van der Waals surface area contributed by atoms with E-state index in [1.807, 2.05) is 48.0 Å². The van der Waals surface area contributed by atoms with Gasteiger partial charge in [0.15, 0.2) is 0 Å². The molecule has 8 heteroatoms. The van der Waals surface area contributed by atoms with Crippen molar-refractivity contribution in [3.05, 3.63) is 88.2 Å². The molecule has 1 aliphatic carbocycles. The summed E-state index contributed by atoms with van der Waals surface area (Å²) in [5, 5.41) is 11.5. The molecule has 1 fully saturated rings. The van der Waals surface area contributed by atoms with Crippen LogP contribution in [-0.2, 0) is 17.8 Å². The van der Waals surface area contributed by atoms with Crippen molar-refractivity contribution in [3.8, 4) is 0 Å². The SMILES string of the molecule is Cc1nn(Cc2ccc(F)cc2)c2sc(C(=O)NC(Cc3ccccc3)C(=O)NC3CC3)cc12. The molecule has 2 aromatic carbocycles. The van der Waals surface area contributed by atoms with Gasteiger partial charge in [-0.15, -0.1) is 11.3 Å². The summed E-state index contributed by atoms with van der Waals surface area (Å²) >= 11 is 1.34. The lowest BCUT2D eigenvalue weighted by atomic mass is 10.1. The lowest BCUT2D eigenvalue weighted by Gasteiger charge is -2.18. The van der Waals surface area contributed by atoms with Crippen LogP contribution in [0, 0.1) is 12.7 Å². The van der Waals surface area contributed by atoms with E-state index in [0.29, 0.717) is 17.8 Å². The van der Waals surface area contributed by atoms with Crippen LogP contribution in [0.4, 0.5) is 4.39 Å². The van der Waals surface area contributed by atoms with Crippen LogP contribution >= 0.6 is 11.3 Å². The van der Waals surface area contributed by atoms with Crippen LogP contribution in [-0.4, -0.2) is 33.7 Å². The molecular formula is C26H25FN4O2S. The molecule has 0 saturated heterocycles. The third-order valence-electron chi connectivity index (χ3n) is 5.90. The maximum Gasteiger partial charge on any atom is 0.262 e. The number of amides is 2. The highest BCUT2D eigenvalue weighted by atomic mass is 32.1. The van der Waals surface area contributed by atoms with Crippen LogP contribution in [0.5, 0.6) is 0 Å². The molecule has 174 valence electrons. The summed E-state index contributed by atoms with van der Waals surface area (Å²) in [5.41, 5.74) is 2.73. The molecular weight excluding hydrogens is 451 g/mol. The smallest absolute Gasteiger partial charge is 0.262 e. The Morgan fingerprint density at radius 2 is 1.85 bits per heavy atom. The molecule has 2 aromatic heterocycles. The van der Waals surface area contributed by atoms with E-state index in [2.05, 4.69) is 15.7 Å². The fourth-order valence-electron chi connectivity index (χ4n) is 3.91. The molecule has 0 spiro atoms. The fourth-order valence-corrected chi connectivity index (χ4v) is 4.98. The summed E-state index contributed by atoms with van der Waals surface area (Å²) in [6.07, 6.45) is 2.39. The third kappa shape index (κ3) is 5.02. The summed E-state index contributed by atoms with van der Waals surface area (Å²) in [4.78, 5) is 27.4. The van der Waals surface area contributed by atoms with E-state index in [4.69, 9.17) is 0 Å². The largest absolute Gasteiger partial charge is 0.352 e. The molecule has 1 aliphatic rings. The van der Waals surface area contributed by atoms with Crippen LogP contribution in [0.15, 0.2) is 60.7 Å². The number of fused-ring (bicyclic) bond motifs is 1. The molecule has 2 amide bonds. The lowest BCUT2D eigenvalue weighted by Crippen LogP contribution is -2.48. The summed E-state index contributed by atoms with van der Waals surface area (Å²) in [6, 6.07) is 17.4. The number of hydrogen-bond acceptors (Lipinski definition) is 4. The number of carbonyl (C=O) groups excluding carboxylic acids is 2. The Hall–Kier alpha value is -3.52. The summed E-state index contributed by atoms with van der Waals surface area (Å²) in [5.74, 6) is -0.711. The van der Waals surface area contributed by atoms with E-state index in [1.165, 1.54) is 23.5 Å². The monoisotopic (exact) mass is 476 g/mol. The van der Waals surface area contributed by atoms with Gasteiger partial charge < -0.3 is 10.6 Å². The van der Waals surface area contributed by atoms with Gasteiger partial charge in [-0.1, -0.05) is 42.5 Å². The number of rotatable bonds is 8. The van der Waals surface area contributed by atoms with Gasteiger partial charge in [0, 0.05) is 17.8 Å². The van der Waals surface area contributed by atoms with Gasteiger partial charge in [-0.3, -0.25) is 14.3 Å². The lowest BCUT2D eigenvalue weighted by molar-refractivity contribution is -0.123. The van der Waals surface area contributed by atoms with E-state index in [9.17, 15) is 14.0 Å². The first-order valence-corrected chi connectivity index (χ1v) is 12.1. The van der Waals surface area contributed by atoms with Gasteiger partial charge in [0.25, 0.3) is 5.91 Å². The zero-order valence-corrected chi connectivity index (χ0v) is 19.6. The minimum absolute atomic E-state index is 0.153. The van der Waals surface area contributed by atoms with E-state index in [1.54, 1.807) is 12.1 Å². The second kappa shape index (κ2) is 9.38. The molecule has 1 unspecified atom stereocenters. The van der Waals surface area contributed by atoms with Crippen molar-refractivity contribution in [3.63, 3.8) is 0 Å². The van der Waals surface area contributed by atoms with Crippen molar-refractivity contribution in [2.24, 2.45) is 0 Å². The van der Waals surface area contributed by atoms with Gasteiger partial charge in [0.05, 0.1) is 17.1 Å². The second-order valence-corrected chi connectivity index (χ2v) is 9.73. The third-order valence-corrected chi connectivity index (χ3v) is 7.05. The number of benzene rings is 2. The molecule has 0 radical (unpaired) electrons. The molecule has 2 N–H and O–H groups in total. The zero-order valence-electron chi connectivity index (χ0n) is 18.8. The van der Waals surface area contributed by atoms with Gasteiger partial charge in [0.2, 0.25) is 5.91 Å². The van der Waals surface area contributed by atoms with Crippen molar-refractivity contribution in [2.45, 2.75) is 44.8 Å². The average Bonchev–Trinajstić information content (AvgIpc) is 3.44. The summed E-state index contributed by atoms with van der Waals surface area (Å²) in [6.45, 7) is 2.38. The molecule has 5 rings (SSSR count). The van der Waals surface area contributed by atoms with Crippen molar-refractivity contribution < 1.29 is 14.0 Å². The minimum Gasteiger partial charge on any atom is -0.352 e. The number of nitrogens with one attached hydrogen (secondary N) is 2. The summed E-state index contributed by atoms with van der Waals surface area (Å²) in [7, 11) is 0. The fraction of sp³-hybridized carbons (Fsp3) is 0.269. The molecule has 0 aliphatic heterocycles. The number of thiophene rings is 1. The molecule has 6 nitrogen and oxygen atoms in total. The Morgan fingerprint density at radius 3 is 2.56 bits per heavy atom. The number of aryl methyl sites for hydroxylation is 1. The van der Waals surface area contributed by atoms with Gasteiger partial charge in [-0.05, 0) is 49.1 Å². The average molecular weight is 477 g/mol. The maximum atomic E-state index is 13.3. The highest BCUT2D eigenvalue weighted by Crippen LogP contribution is 2.29. The van der Waals surface area contributed by atoms with E-state index in [-0.39, 0.29) is 23.7 Å². The molecule has 1 atom stereocenters. The van der Waals surface area contributed by atoms with Gasteiger partial charge in [-0.25, -0.2) is 4.39 Å². The first-order valence-electron chi connectivity index (χ1n) is 11.3. The van der Waals surface area contributed by atoms with Gasteiger partial charge >= 0.3 is 0 Å². The highest BCUT2D eigenvalue weighted by molar-refractivity contribution is 7.20. The minimum atomic E-state index is -0.655. The number of carbonyl (C=O) groups is 2. The highest BCUT2D eigenvalue weighted by Gasteiger charge is 2.29. The number of hydrogen-bond donors (Lipinski definition) is 2. The number of aromatic nitrogens is 2. The van der Waals surface area contributed by atoms with Gasteiger partial charge in [-0.2, -0.15) is 5.10 Å². The van der Waals surface area contributed by atoms with Crippen molar-refractivity contribution >= 4 is 33.4 Å². The van der Waals surface area contributed by atoms with Crippen LogP contribution in [0.3, 0.4) is 0 Å². The Labute approximate surface area is 200 Å². The second-order valence-electron chi connectivity index (χ2n) is 8.70. The standard InChI is InChI=1S/C26H25FN4O2S/c1-16-21-14-23(34-26(21)31(30-16)15-18-7-9-19(27)10-8-18)25(33)29-22(24(32)28-20-11-12-20)13-17-5-3-2-4-6-17/h2-10,14,20,22H,11-13,15H2,1H3,(H,28,32)(H,29,33). The molecule has 34 heavy (non-hydrogen) atoms. The first kappa shape index (κ1) is 22.3. The van der Waals surface area contributed by atoms with Gasteiger partial charge in [0.1, 0.15) is 16.7 Å². The topological polar surface area (TPSA) is 76.0 Å². The van der Waals surface area contributed by atoms with Crippen molar-refractivity contribution in [2.75, 3.05) is 0 Å². The Bertz CT molecular complexity index is 1330. The van der Waals surface area contributed by atoms with Crippen LogP contribution in [0.25, 0.3) is 10.2 Å². The van der Waals surface area contributed by atoms with Crippen LogP contribution < -0.4 is 10.6 Å². The predicted molar refractivity (Wildman–Crippen MR) is 130 cm³/mol. The Morgan fingerprint density at radius 1 is 1.12 bits per heavy atom. The van der Waals surface area contributed by atoms with E-state index < -0.39 is 6.04 Å². The molecule has 1 saturated carbocycles. The predicted octanol–water partition coefficient (Wildman–Crippen LogP) is 4.21. The zero-order chi connectivity index (χ0) is 23.7. The summed E-state index contributed by atoms with van der Waals surface area (Å²) < 4.78 is 15.1. The van der Waals surface area contributed by atoms with Crippen molar-refractivity contribution in [1.82, 2.24) is 20.4 Å².